The van der Waals surface area contributed by atoms with E-state index in [2.05, 4.69) is 12.2 Å². The molecule has 3 rings (SSSR count). The van der Waals surface area contributed by atoms with Crippen LogP contribution in [0.2, 0.25) is 5.02 Å². The maximum Gasteiger partial charge on any atom is 0.322 e. The number of nitrogens with one attached hydrogen (secondary N) is 1. The van der Waals surface area contributed by atoms with Crippen molar-refractivity contribution >= 4 is 23.3 Å². The van der Waals surface area contributed by atoms with Gasteiger partial charge in [-0.3, -0.25) is 0 Å². The fourth-order valence-corrected chi connectivity index (χ4v) is 3.53. The summed E-state index contributed by atoms with van der Waals surface area (Å²) >= 11 is 5.86. The van der Waals surface area contributed by atoms with Gasteiger partial charge in [-0.1, -0.05) is 18.5 Å². The van der Waals surface area contributed by atoms with Crippen LogP contribution >= 0.6 is 11.6 Å². The van der Waals surface area contributed by atoms with Crippen molar-refractivity contribution in [3.63, 3.8) is 0 Å². The van der Waals surface area contributed by atoms with Gasteiger partial charge in [0.2, 0.25) is 0 Å². The zero-order valence-electron chi connectivity index (χ0n) is 11.9. The van der Waals surface area contributed by atoms with Gasteiger partial charge < -0.3 is 10.2 Å². The number of benzene rings is 1. The number of carbonyl (C=O) groups is 1. The lowest BCUT2D eigenvalue weighted by molar-refractivity contribution is -0.00938. The van der Waals surface area contributed by atoms with Gasteiger partial charge in [0.25, 0.3) is 0 Å². The highest BCUT2D eigenvalue weighted by Crippen LogP contribution is 2.44. The summed E-state index contributed by atoms with van der Waals surface area (Å²) in [5, 5.41) is 3.67. The summed E-state index contributed by atoms with van der Waals surface area (Å²) in [6.45, 7) is 3.19. The van der Waals surface area contributed by atoms with Crippen LogP contribution in [0.3, 0.4) is 0 Å². The van der Waals surface area contributed by atoms with Crippen LogP contribution in [0.1, 0.15) is 39.0 Å². The summed E-state index contributed by atoms with van der Waals surface area (Å²) in [6, 6.07) is 7.32. The van der Waals surface area contributed by atoms with Crippen molar-refractivity contribution in [2.75, 3.05) is 11.9 Å². The highest BCUT2D eigenvalue weighted by atomic mass is 35.5. The van der Waals surface area contributed by atoms with Crippen molar-refractivity contribution in [3.8, 4) is 0 Å². The first-order valence-corrected chi connectivity index (χ1v) is 7.81. The first-order chi connectivity index (χ1) is 9.59. The van der Waals surface area contributed by atoms with E-state index in [0.29, 0.717) is 5.02 Å². The standard InChI is InChI=1S/C16H21ClN2O/c1-12-6-8-16(9-7-12)10-11-19(16)15(20)18-14-4-2-13(17)3-5-14/h2-5,12H,6-11H2,1H3,(H,18,20). The topological polar surface area (TPSA) is 32.3 Å². The molecule has 1 spiro atoms. The lowest BCUT2D eigenvalue weighted by Crippen LogP contribution is -2.64. The van der Waals surface area contributed by atoms with Crippen LogP contribution < -0.4 is 5.32 Å². The summed E-state index contributed by atoms with van der Waals surface area (Å²) in [4.78, 5) is 14.5. The molecule has 1 aliphatic carbocycles. The predicted molar refractivity (Wildman–Crippen MR) is 82.2 cm³/mol. The zero-order valence-corrected chi connectivity index (χ0v) is 12.6. The molecule has 4 heteroatoms. The summed E-state index contributed by atoms with van der Waals surface area (Å²) in [6.07, 6.45) is 5.95. The minimum absolute atomic E-state index is 0.0353. The second-order valence-electron chi connectivity index (χ2n) is 6.25. The molecule has 1 saturated heterocycles. The molecule has 2 fully saturated rings. The Morgan fingerprint density at radius 2 is 1.90 bits per heavy atom. The molecule has 1 aliphatic heterocycles. The Labute approximate surface area is 125 Å². The maximum atomic E-state index is 12.4. The van der Waals surface area contributed by atoms with E-state index in [-0.39, 0.29) is 11.6 Å². The van der Waals surface area contributed by atoms with Gasteiger partial charge in [0, 0.05) is 22.8 Å². The number of anilines is 1. The van der Waals surface area contributed by atoms with Crippen LogP contribution in [0.25, 0.3) is 0 Å². The SMILES string of the molecule is CC1CCC2(CC1)CCN2C(=O)Nc1ccc(Cl)cc1. The molecule has 1 aromatic rings. The molecule has 1 heterocycles. The van der Waals surface area contributed by atoms with Crippen LogP contribution in [0, 0.1) is 5.92 Å². The van der Waals surface area contributed by atoms with E-state index in [1.54, 1.807) is 12.1 Å². The predicted octanol–water partition coefficient (Wildman–Crippen LogP) is 4.53. The van der Waals surface area contributed by atoms with Gasteiger partial charge in [-0.2, -0.15) is 0 Å². The Kier molecular flexibility index (Phi) is 3.63. The fraction of sp³-hybridized carbons (Fsp3) is 0.562. The molecule has 0 bridgehead atoms. The van der Waals surface area contributed by atoms with Crippen LogP contribution in [0.4, 0.5) is 10.5 Å². The number of halogens is 1. The Morgan fingerprint density at radius 3 is 2.45 bits per heavy atom. The summed E-state index contributed by atoms with van der Waals surface area (Å²) in [5.41, 5.74) is 0.953. The Bertz CT molecular complexity index is 492. The molecule has 2 amide bonds. The smallest absolute Gasteiger partial charge is 0.319 e. The van der Waals surface area contributed by atoms with E-state index < -0.39 is 0 Å². The molecule has 3 nitrogen and oxygen atoms in total. The minimum atomic E-state index is 0.0353. The number of hydrogen-bond donors (Lipinski definition) is 1. The number of likely N-dealkylation sites (tertiary alicyclic amines) is 1. The van der Waals surface area contributed by atoms with Crippen LogP contribution in [-0.4, -0.2) is 23.0 Å². The number of amides is 2. The fourth-order valence-electron chi connectivity index (χ4n) is 3.40. The lowest BCUT2D eigenvalue weighted by atomic mass is 9.70. The van der Waals surface area contributed by atoms with Gasteiger partial charge in [0.15, 0.2) is 0 Å². The molecule has 20 heavy (non-hydrogen) atoms. The average molecular weight is 293 g/mol. The quantitative estimate of drug-likeness (QED) is 0.810. The van der Waals surface area contributed by atoms with E-state index in [4.69, 9.17) is 11.6 Å². The molecule has 108 valence electrons. The summed E-state index contributed by atoms with van der Waals surface area (Å²) < 4.78 is 0. The van der Waals surface area contributed by atoms with Gasteiger partial charge in [-0.05, 0) is 62.3 Å². The molecular formula is C16H21ClN2O. The first-order valence-electron chi connectivity index (χ1n) is 7.43. The molecule has 0 radical (unpaired) electrons. The van der Waals surface area contributed by atoms with Gasteiger partial charge in [0.05, 0.1) is 0 Å². The molecule has 2 aliphatic rings. The van der Waals surface area contributed by atoms with Crippen LogP contribution in [0.15, 0.2) is 24.3 Å². The van der Waals surface area contributed by atoms with Crippen molar-refractivity contribution in [2.45, 2.75) is 44.6 Å². The van der Waals surface area contributed by atoms with E-state index >= 15 is 0 Å². The van der Waals surface area contributed by atoms with Crippen molar-refractivity contribution in [1.82, 2.24) is 4.90 Å². The van der Waals surface area contributed by atoms with Gasteiger partial charge in [-0.15, -0.1) is 0 Å². The third kappa shape index (κ3) is 2.51. The third-order valence-electron chi connectivity index (χ3n) is 4.92. The lowest BCUT2D eigenvalue weighted by Gasteiger charge is -2.55. The Hall–Kier alpha value is -1.22. The van der Waals surface area contributed by atoms with E-state index in [0.717, 1.165) is 37.4 Å². The second-order valence-corrected chi connectivity index (χ2v) is 6.68. The number of hydrogen-bond acceptors (Lipinski definition) is 1. The van der Waals surface area contributed by atoms with Crippen LogP contribution in [0.5, 0.6) is 0 Å². The molecule has 1 aromatic carbocycles. The Balaban J connectivity index is 1.64. The summed E-state index contributed by atoms with van der Waals surface area (Å²) in [7, 11) is 0. The minimum Gasteiger partial charge on any atom is -0.319 e. The molecule has 0 atom stereocenters. The van der Waals surface area contributed by atoms with Gasteiger partial charge in [0.1, 0.15) is 0 Å². The molecule has 0 unspecified atom stereocenters. The van der Waals surface area contributed by atoms with Crippen molar-refractivity contribution in [1.29, 1.82) is 0 Å². The highest BCUT2D eigenvalue weighted by Gasteiger charge is 2.48. The van der Waals surface area contributed by atoms with Gasteiger partial charge >= 0.3 is 6.03 Å². The summed E-state index contributed by atoms with van der Waals surface area (Å²) in [5.74, 6) is 0.808. The van der Waals surface area contributed by atoms with E-state index in [1.807, 2.05) is 17.0 Å². The number of urea groups is 1. The molecular weight excluding hydrogens is 272 g/mol. The zero-order chi connectivity index (χ0) is 14.2. The molecule has 0 aromatic heterocycles. The first kappa shape index (κ1) is 13.7. The third-order valence-corrected chi connectivity index (χ3v) is 5.17. The molecule has 1 saturated carbocycles. The Morgan fingerprint density at radius 1 is 1.25 bits per heavy atom. The number of carbonyl (C=O) groups excluding carboxylic acids is 1. The van der Waals surface area contributed by atoms with E-state index in [9.17, 15) is 4.79 Å². The van der Waals surface area contributed by atoms with Crippen molar-refractivity contribution in [3.05, 3.63) is 29.3 Å². The van der Waals surface area contributed by atoms with Gasteiger partial charge in [-0.25, -0.2) is 4.79 Å². The molecule has 1 N–H and O–H groups in total. The van der Waals surface area contributed by atoms with Crippen molar-refractivity contribution in [2.24, 2.45) is 5.92 Å². The highest BCUT2D eigenvalue weighted by molar-refractivity contribution is 6.30. The second kappa shape index (κ2) is 5.28. The number of nitrogens with zero attached hydrogens (tertiary/aromatic N) is 1. The largest absolute Gasteiger partial charge is 0.322 e. The van der Waals surface area contributed by atoms with Crippen LogP contribution in [-0.2, 0) is 0 Å². The maximum absolute atomic E-state index is 12.4. The number of rotatable bonds is 1. The normalized spacial score (nSPS) is 29.1. The van der Waals surface area contributed by atoms with E-state index in [1.165, 1.54) is 12.8 Å². The average Bonchev–Trinajstić information content (AvgIpc) is 2.41. The monoisotopic (exact) mass is 292 g/mol. The van der Waals surface area contributed by atoms with Crippen molar-refractivity contribution < 1.29 is 4.79 Å².